The van der Waals surface area contributed by atoms with Gasteiger partial charge in [0.25, 0.3) is 0 Å². The fourth-order valence-corrected chi connectivity index (χ4v) is 2.89. The predicted octanol–water partition coefficient (Wildman–Crippen LogP) is 4.28. The Hall–Kier alpha value is -1.55. The molecule has 0 spiro atoms. The lowest BCUT2D eigenvalue weighted by atomic mass is 9.88. The van der Waals surface area contributed by atoms with Gasteiger partial charge in [0.1, 0.15) is 12.4 Å². The summed E-state index contributed by atoms with van der Waals surface area (Å²) in [5.41, 5.74) is 5.90. The lowest BCUT2D eigenvalue weighted by molar-refractivity contribution is 0.117. The molecule has 3 rings (SSSR count). The summed E-state index contributed by atoms with van der Waals surface area (Å²) in [6, 6.07) is 13.8. The molecule has 0 saturated carbocycles. The molecule has 1 atom stereocenters. The lowest BCUT2D eigenvalue weighted by Gasteiger charge is -2.24. The van der Waals surface area contributed by atoms with Gasteiger partial charge in [0.2, 0.25) is 0 Å². The molecule has 0 amide bonds. The number of rotatable bonds is 4. The normalized spacial score (nSPS) is 17.3. The van der Waals surface area contributed by atoms with Crippen molar-refractivity contribution in [2.45, 2.75) is 31.9 Å². The second-order valence-electron chi connectivity index (χ2n) is 5.35. The minimum Gasteiger partial charge on any atom is -0.489 e. The Bertz CT molecular complexity index is 613. The van der Waals surface area contributed by atoms with E-state index in [1.54, 1.807) is 0 Å². The van der Waals surface area contributed by atoms with E-state index in [1.807, 2.05) is 36.4 Å². The smallest absolute Gasteiger partial charge is 0.120 e. The molecule has 110 valence electrons. The highest BCUT2D eigenvalue weighted by atomic mass is 35.5. The van der Waals surface area contributed by atoms with Crippen LogP contribution in [0.25, 0.3) is 0 Å². The Morgan fingerprint density at radius 2 is 2.00 bits per heavy atom. The first kappa shape index (κ1) is 14.4. The summed E-state index contributed by atoms with van der Waals surface area (Å²) in [6.45, 7) is 0.525. The van der Waals surface area contributed by atoms with Gasteiger partial charge in [-0.3, -0.25) is 0 Å². The van der Waals surface area contributed by atoms with Crippen molar-refractivity contribution in [3.8, 4) is 5.75 Å². The number of hydrogen-bond acceptors (Lipinski definition) is 3. The van der Waals surface area contributed by atoms with Gasteiger partial charge in [-0.2, -0.15) is 5.48 Å². The van der Waals surface area contributed by atoms with Crippen LogP contribution in [0.4, 0.5) is 0 Å². The number of ether oxygens (including phenoxy) is 1. The van der Waals surface area contributed by atoms with Gasteiger partial charge in [-0.1, -0.05) is 29.8 Å². The summed E-state index contributed by atoms with van der Waals surface area (Å²) < 4.78 is 5.84. The van der Waals surface area contributed by atoms with Crippen molar-refractivity contribution in [3.63, 3.8) is 0 Å². The van der Waals surface area contributed by atoms with Crippen LogP contribution in [-0.2, 0) is 13.0 Å². The molecule has 1 aliphatic carbocycles. The summed E-state index contributed by atoms with van der Waals surface area (Å²) in [7, 11) is 0. The van der Waals surface area contributed by atoms with Crippen LogP contribution >= 0.6 is 11.6 Å². The lowest BCUT2D eigenvalue weighted by Crippen LogP contribution is -2.22. The van der Waals surface area contributed by atoms with Gasteiger partial charge in [0, 0.05) is 5.02 Å². The van der Waals surface area contributed by atoms with E-state index in [9.17, 15) is 5.21 Å². The zero-order valence-corrected chi connectivity index (χ0v) is 12.4. The molecular formula is C17H18ClNO2. The maximum Gasteiger partial charge on any atom is 0.120 e. The van der Waals surface area contributed by atoms with E-state index < -0.39 is 0 Å². The Morgan fingerprint density at radius 1 is 1.19 bits per heavy atom. The second kappa shape index (κ2) is 6.48. The van der Waals surface area contributed by atoms with E-state index in [-0.39, 0.29) is 6.04 Å². The zero-order chi connectivity index (χ0) is 14.7. The Morgan fingerprint density at radius 3 is 2.76 bits per heavy atom. The first-order valence-corrected chi connectivity index (χ1v) is 7.54. The van der Waals surface area contributed by atoms with Crippen LogP contribution in [0.3, 0.4) is 0 Å². The monoisotopic (exact) mass is 303 g/mol. The van der Waals surface area contributed by atoms with Crippen molar-refractivity contribution in [2.24, 2.45) is 0 Å². The summed E-state index contributed by atoms with van der Waals surface area (Å²) >= 11 is 5.87. The Balaban J connectivity index is 1.70. The van der Waals surface area contributed by atoms with E-state index in [0.717, 1.165) is 35.6 Å². The number of nitrogens with one attached hydrogen (secondary N) is 1. The summed E-state index contributed by atoms with van der Waals surface area (Å²) in [4.78, 5) is 0. The summed E-state index contributed by atoms with van der Waals surface area (Å²) in [6.07, 6.45) is 3.08. The molecule has 2 N–H and O–H groups in total. The molecule has 0 saturated heterocycles. The van der Waals surface area contributed by atoms with Crippen LogP contribution in [-0.4, -0.2) is 5.21 Å². The third kappa shape index (κ3) is 3.38. The molecule has 0 fully saturated rings. The maximum absolute atomic E-state index is 9.19. The molecule has 21 heavy (non-hydrogen) atoms. The number of aryl methyl sites for hydroxylation is 1. The van der Waals surface area contributed by atoms with Gasteiger partial charge < -0.3 is 9.94 Å². The molecule has 1 aliphatic rings. The molecule has 2 aromatic rings. The van der Waals surface area contributed by atoms with Crippen molar-refractivity contribution in [2.75, 3.05) is 0 Å². The molecule has 0 aliphatic heterocycles. The second-order valence-corrected chi connectivity index (χ2v) is 5.79. The SMILES string of the molecule is ONC1CCCc2cc(OCc3ccc(Cl)cc3)ccc21. The van der Waals surface area contributed by atoms with Gasteiger partial charge >= 0.3 is 0 Å². The van der Waals surface area contributed by atoms with Gasteiger partial charge in [0.05, 0.1) is 6.04 Å². The Labute approximate surface area is 129 Å². The molecule has 4 heteroatoms. The fourth-order valence-electron chi connectivity index (χ4n) is 2.76. The highest BCUT2D eigenvalue weighted by Gasteiger charge is 2.19. The van der Waals surface area contributed by atoms with E-state index in [2.05, 4.69) is 11.5 Å². The molecule has 2 aromatic carbocycles. The van der Waals surface area contributed by atoms with Crippen molar-refractivity contribution in [1.29, 1.82) is 0 Å². The molecule has 3 nitrogen and oxygen atoms in total. The summed E-state index contributed by atoms with van der Waals surface area (Å²) in [5.74, 6) is 0.863. The fraction of sp³-hybridized carbons (Fsp3) is 0.294. The average molecular weight is 304 g/mol. The molecule has 0 heterocycles. The topological polar surface area (TPSA) is 41.5 Å². The van der Waals surface area contributed by atoms with Crippen LogP contribution in [0.2, 0.25) is 5.02 Å². The minimum absolute atomic E-state index is 0.0408. The third-order valence-electron chi connectivity index (χ3n) is 3.90. The number of hydroxylamine groups is 1. The van der Waals surface area contributed by atoms with Gasteiger partial charge in [-0.25, -0.2) is 0 Å². The zero-order valence-electron chi connectivity index (χ0n) is 11.7. The first-order valence-electron chi connectivity index (χ1n) is 7.16. The van der Waals surface area contributed by atoms with Crippen molar-refractivity contribution in [1.82, 2.24) is 5.48 Å². The van der Waals surface area contributed by atoms with E-state index >= 15 is 0 Å². The number of fused-ring (bicyclic) bond motifs is 1. The number of benzene rings is 2. The van der Waals surface area contributed by atoms with Crippen LogP contribution in [0.1, 0.15) is 35.6 Å². The minimum atomic E-state index is 0.0408. The molecule has 1 unspecified atom stereocenters. The predicted molar refractivity (Wildman–Crippen MR) is 82.8 cm³/mol. The molecule has 0 aromatic heterocycles. The third-order valence-corrected chi connectivity index (χ3v) is 4.16. The van der Waals surface area contributed by atoms with Crippen molar-refractivity contribution in [3.05, 3.63) is 64.2 Å². The number of hydrogen-bond donors (Lipinski definition) is 2. The van der Waals surface area contributed by atoms with E-state index in [1.165, 1.54) is 11.1 Å². The molecule has 0 bridgehead atoms. The van der Waals surface area contributed by atoms with Crippen LogP contribution in [0, 0.1) is 0 Å². The average Bonchev–Trinajstić information content (AvgIpc) is 2.53. The van der Waals surface area contributed by atoms with E-state index in [0.29, 0.717) is 6.61 Å². The first-order chi connectivity index (χ1) is 10.3. The standard InChI is InChI=1S/C17H18ClNO2/c18-14-6-4-12(5-7-14)11-21-15-8-9-16-13(10-15)2-1-3-17(16)19-20/h4-10,17,19-20H,1-3,11H2. The highest BCUT2D eigenvalue weighted by Crippen LogP contribution is 2.32. The van der Waals surface area contributed by atoms with E-state index in [4.69, 9.17) is 16.3 Å². The van der Waals surface area contributed by atoms with Crippen molar-refractivity contribution < 1.29 is 9.94 Å². The van der Waals surface area contributed by atoms with Gasteiger partial charge in [0.15, 0.2) is 0 Å². The van der Waals surface area contributed by atoms with Crippen molar-refractivity contribution >= 4 is 11.6 Å². The maximum atomic E-state index is 9.19. The largest absolute Gasteiger partial charge is 0.489 e. The van der Waals surface area contributed by atoms with Gasteiger partial charge in [-0.15, -0.1) is 0 Å². The molecular weight excluding hydrogens is 286 g/mol. The molecule has 0 radical (unpaired) electrons. The van der Waals surface area contributed by atoms with Crippen LogP contribution in [0.5, 0.6) is 5.75 Å². The van der Waals surface area contributed by atoms with Crippen LogP contribution in [0.15, 0.2) is 42.5 Å². The Kier molecular flexibility index (Phi) is 4.44. The quantitative estimate of drug-likeness (QED) is 0.829. The highest BCUT2D eigenvalue weighted by molar-refractivity contribution is 6.30. The summed E-state index contributed by atoms with van der Waals surface area (Å²) in [5, 5.41) is 9.92. The number of halogens is 1. The van der Waals surface area contributed by atoms with Crippen LogP contribution < -0.4 is 10.2 Å². The van der Waals surface area contributed by atoms with Gasteiger partial charge in [-0.05, 0) is 60.2 Å².